The number of rotatable bonds is 14. The van der Waals surface area contributed by atoms with Crippen molar-refractivity contribution in [1.82, 2.24) is 9.97 Å². The molecule has 1 fully saturated rings. The second-order valence-corrected chi connectivity index (χ2v) is 16.0. The zero-order valence-corrected chi connectivity index (χ0v) is 31.4. The van der Waals surface area contributed by atoms with Crippen molar-refractivity contribution < 1.29 is 18.1 Å². The van der Waals surface area contributed by atoms with Gasteiger partial charge in [0.15, 0.2) is 5.82 Å². The summed E-state index contributed by atoms with van der Waals surface area (Å²) in [6.45, 7) is 1.99. The summed E-state index contributed by atoms with van der Waals surface area (Å²) in [6, 6.07) is 38.3. The van der Waals surface area contributed by atoms with Gasteiger partial charge in [-0.25, -0.2) is 18.4 Å². The van der Waals surface area contributed by atoms with Crippen molar-refractivity contribution in [3.05, 3.63) is 143 Å². The maximum Gasteiger partial charge on any atom is 0.293 e. The topological polar surface area (TPSA) is 140 Å². The van der Waals surface area contributed by atoms with E-state index >= 15 is 0 Å². The summed E-state index contributed by atoms with van der Waals surface area (Å²) in [5, 5.41) is 15.5. The monoisotopic (exact) mass is 760 g/mol. The molecule has 13 heteroatoms. The molecule has 1 aliphatic rings. The molecule has 2 N–H and O–H groups in total. The molecule has 0 unspecified atom stereocenters. The third-order valence-electron chi connectivity index (χ3n) is 9.84. The third kappa shape index (κ3) is 8.33. The van der Waals surface area contributed by atoms with E-state index in [9.17, 15) is 18.5 Å². The molecule has 1 aromatic heterocycles. The minimum absolute atomic E-state index is 0.0865. The molecule has 0 amide bonds. The van der Waals surface area contributed by atoms with Crippen molar-refractivity contribution in [3.8, 4) is 11.1 Å². The van der Waals surface area contributed by atoms with Gasteiger partial charge in [0.1, 0.15) is 12.0 Å². The third-order valence-corrected chi connectivity index (χ3v) is 12.2. The van der Waals surface area contributed by atoms with Crippen LogP contribution >= 0.6 is 11.8 Å². The smallest absolute Gasteiger partial charge is 0.293 e. The van der Waals surface area contributed by atoms with E-state index in [0.29, 0.717) is 23.2 Å². The Bertz CT molecular complexity index is 2360. The van der Waals surface area contributed by atoms with E-state index in [1.807, 2.05) is 48.5 Å². The van der Waals surface area contributed by atoms with Crippen LogP contribution in [-0.2, 0) is 21.2 Å². The second-order valence-electron chi connectivity index (χ2n) is 13.1. The lowest BCUT2D eigenvalue weighted by atomic mass is 9.82. The standard InChI is InChI=1S/C41H40N6O5S2/c1-52-41(28-31-12-8-9-15-35(31)30-10-4-2-5-11-30)20-23-46(24-21-41)32-16-18-36-38(26-32)43-29-44-40(36)45-54(50,51)34-17-19-37(39(27-34)47(48)49)42-22-25-53-33-13-6-3-7-14-33/h2-19,26-27,29,42H,20-25,28H2,1H3,(H,43,44,45). The van der Waals surface area contributed by atoms with Gasteiger partial charge < -0.3 is 15.0 Å². The first kappa shape index (κ1) is 36.8. The number of piperidine rings is 1. The van der Waals surface area contributed by atoms with E-state index in [4.69, 9.17) is 4.74 Å². The number of sulfonamides is 1. The largest absolute Gasteiger partial charge is 0.379 e. The lowest BCUT2D eigenvalue weighted by Gasteiger charge is -2.42. The summed E-state index contributed by atoms with van der Waals surface area (Å²) in [5.74, 6) is 0.754. The van der Waals surface area contributed by atoms with Crippen molar-refractivity contribution in [2.24, 2.45) is 0 Å². The molecule has 1 aliphatic heterocycles. The fourth-order valence-electron chi connectivity index (χ4n) is 6.91. The predicted molar refractivity (Wildman–Crippen MR) is 216 cm³/mol. The lowest BCUT2D eigenvalue weighted by molar-refractivity contribution is -0.384. The molecule has 0 radical (unpaired) electrons. The van der Waals surface area contributed by atoms with Crippen LogP contribution in [0.1, 0.15) is 18.4 Å². The number of fused-ring (bicyclic) bond motifs is 1. The Morgan fingerprint density at radius 3 is 2.35 bits per heavy atom. The van der Waals surface area contributed by atoms with Gasteiger partial charge in [-0.3, -0.25) is 14.8 Å². The van der Waals surface area contributed by atoms with E-state index in [1.165, 1.54) is 35.2 Å². The first-order valence-corrected chi connectivity index (χ1v) is 20.1. The van der Waals surface area contributed by atoms with Crippen molar-refractivity contribution in [1.29, 1.82) is 0 Å². The van der Waals surface area contributed by atoms with Crippen molar-refractivity contribution in [2.75, 3.05) is 47.4 Å². The molecule has 0 atom stereocenters. The van der Waals surface area contributed by atoms with Crippen LogP contribution in [0.25, 0.3) is 22.0 Å². The molecule has 1 saturated heterocycles. The molecular formula is C41H40N6O5S2. The Kier molecular flexibility index (Phi) is 11.1. The molecule has 0 bridgehead atoms. The molecule has 0 aliphatic carbocycles. The molecule has 7 rings (SSSR count). The maximum atomic E-state index is 13.5. The average Bonchev–Trinajstić information content (AvgIpc) is 3.20. The molecular weight excluding hydrogens is 721 g/mol. The fourth-order valence-corrected chi connectivity index (χ4v) is 8.74. The Morgan fingerprint density at radius 2 is 1.61 bits per heavy atom. The Morgan fingerprint density at radius 1 is 0.889 bits per heavy atom. The number of aromatic nitrogens is 2. The van der Waals surface area contributed by atoms with Gasteiger partial charge in [-0.2, -0.15) is 0 Å². The van der Waals surface area contributed by atoms with Gasteiger partial charge in [-0.15, -0.1) is 11.8 Å². The number of nitro benzene ring substituents is 1. The summed E-state index contributed by atoms with van der Waals surface area (Å²) in [6.07, 6.45) is 3.76. The number of nitro groups is 1. The zero-order chi connectivity index (χ0) is 37.5. The number of benzene rings is 5. The number of methoxy groups -OCH3 is 1. The summed E-state index contributed by atoms with van der Waals surface area (Å²) in [7, 11) is -2.43. The van der Waals surface area contributed by atoms with Crippen LogP contribution in [0.3, 0.4) is 0 Å². The van der Waals surface area contributed by atoms with Crippen LogP contribution in [0.15, 0.2) is 137 Å². The highest BCUT2D eigenvalue weighted by Gasteiger charge is 2.35. The Hall–Kier alpha value is -5.50. The van der Waals surface area contributed by atoms with Crippen LogP contribution in [0.5, 0.6) is 0 Å². The maximum absolute atomic E-state index is 13.5. The van der Waals surface area contributed by atoms with Gasteiger partial charge in [-0.1, -0.05) is 72.8 Å². The van der Waals surface area contributed by atoms with Gasteiger partial charge in [0, 0.05) is 61.0 Å². The highest BCUT2D eigenvalue weighted by Crippen LogP contribution is 2.36. The van der Waals surface area contributed by atoms with E-state index in [-0.39, 0.29) is 27.7 Å². The van der Waals surface area contributed by atoms with Crippen LogP contribution in [0.2, 0.25) is 0 Å². The molecule has 0 saturated carbocycles. The van der Waals surface area contributed by atoms with E-state index in [2.05, 4.69) is 73.4 Å². The summed E-state index contributed by atoms with van der Waals surface area (Å²) >= 11 is 1.61. The van der Waals surface area contributed by atoms with Gasteiger partial charge in [-0.05, 0) is 72.0 Å². The van der Waals surface area contributed by atoms with Gasteiger partial charge >= 0.3 is 0 Å². The summed E-state index contributed by atoms with van der Waals surface area (Å²) in [4.78, 5) is 23.2. The summed E-state index contributed by atoms with van der Waals surface area (Å²) in [5.41, 5.74) is 4.79. The molecule has 6 aromatic rings. The molecule has 276 valence electrons. The normalized spacial score (nSPS) is 14.1. The quantitative estimate of drug-likeness (QED) is 0.0481. The van der Waals surface area contributed by atoms with Crippen LogP contribution < -0.4 is 14.9 Å². The SMILES string of the molecule is COC1(Cc2ccccc2-c2ccccc2)CCN(c2ccc3c(NS(=O)(=O)c4ccc(NCCSc5ccccc5)c([N+](=O)[O-])c4)ncnc3c2)CC1. The van der Waals surface area contributed by atoms with Crippen LogP contribution in [-0.4, -0.2) is 61.4 Å². The van der Waals surface area contributed by atoms with Crippen molar-refractivity contribution >= 4 is 55.6 Å². The first-order chi connectivity index (χ1) is 26.2. The molecule has 11 nitrogen and oxygen atoms in total. The number of hydrogen-bond donors (Lipinski definition) is 2. The number of nitrogens with one attached hydrogen (secondary N) is 2. The van der Waals surface area contributed by atoms with E-state index in [1.54, 1.807) is 24.9 Å². The number of anilines is 3. The Balaban J connectivity index is 1.03. The summed E-state index contributed by atoms with van der Waals surface area (Å²) < 4.78 is 35.9. The van der Waals surface area contributed by atoms with Gasteiger partial charge in [0.05, 0.1) is 20.9 Å². The predicted octanol–water partition coefficient (Wildman–Crippen LogP) is 8.44. The highest BCUT2D eigenvalue weighted by molar-refractivity contribution is 7.99. The van der Waals surface area contributed by atoms with Gasteiger partial charge in [0.25, 0.3) is 15.7 Å². The highest BCUT2D eigenvalue weighted by atomic mass is 32.2. The number of thioether (sulfide) groups is 1. The minimum Gasteiger partial charge on any atom is -0.379 e. The second kappa shape index (κ2) is 16.3. The molecule has 2 heterocycles. The molecule has 54 heavy (non-hydrogen) atoms. The minimum atomic E-state index is -4.23. The number of ether oxygens (including phenoxy) is 1. The molecule has 0 spiro atoms. The average molecular weight is 761 g/mol. The van der Waals surface area contributed by atoms with Crippen LogP contribution in [0.4, 0.5) is 22.9 Å². The van der Waals surface area contributed by atoms with Gasteiger partial charge in [0.2, 0.25) is 0 Å². The van der Waals surface area contributed by atoms with Crippen LogP contribution in [0, 0.1) is 10.1 Å². The number of nitrogens with zero attached hydrogens (tertiary/aromatic N) is 4. The Labute approximate surface area is 319 Å². The molecule has 5 aromatic carbocycles. The number of hydrogen-bond acceptors (Lipinski definition) is 10. The van der Waals surface area contributed by atoms with Crippen molar-refractivity contribution in [3.63, 3.8) is 0 Å². The lowest BCUT2D eigenvalue weighted by Crippen LogP contribution is -2.47. The fraction of sp³-hybridized carbons (Fsp3) is 0.220. The zero-order valence-electron chi connectivity index (χ0n) is 29.7. The van der Waals surface area contributed by atoms with E-state index < -0.39 is 14.9 Å². The van der Waals surface area contributed by atoms with Crippen molar-refractivity contribution in [2.45, 2.75) is 34.7 Å². The first-order valence-electron chi connectivity index (χ1n) is 17.6. The van der Waals surface area contributed by atoms with E-state index in [0.717, 1.165) is 49.0 Å².